The molecule has 0 aliphatic carbocycles. The molecule has 0 bridgehead atoms. The number of hydrogen-bond acceptors (Lipinski definition) is 4. The number of rotatable bonds is 6. The van der Waals surface area contributed by atoms with Gasteiger partial charge in [0.25, 0.3) is 5.91 Å². The molecular weight excluding hydrogens is 346 g/mol. The van der Waals surface area contributed by atoms with E-state index in [1.165, 1.54) is 0 Å². The minimum atomic E-state index is 0.0284. The lowest BCUT2D eigenvalue weighted by Gasteiger charge is -2.25. The van der Waals surface area contributed by atoms with Crippen molar-refractivity contribution in [3.05, 3.63) is 70.7 Å². The molecule has 1 fully saturated rings. The summed E-state index contributed by atoms with van der Waals surface area (Å²) in [5.74, 6) is 0.0284. The average molecular weight is 367 g/mol. The first kappa shape index (κ1) is 17.0. The molecule has 2 aromatic heterocycles. The van der Waals surface area contributed by atoms with E-state index in [9.17, 15) is 4.79 Å². The molecule has 0 spiro atoms. The van der Waals surface area contributed by atoms with E-state index in [0.717, 1.165) is 30.7 Å². The number of hydrogen-bond donors (Lipinski definition) is 0. The number of nitrogens with zero attached hydrogens (tertiary/aromatic N) is 3. The van der Waals surface area contributed by atoms with Crippen molar-refractivity contribution in [3.8, 4) is 5.69 Å². The van der Waals surface area contributed by atoms with Crippen LogP contribution in [0.2, 0.25) is 0 Å². The zero-order valence-electron chi connectivity index (χ0n) is 14.5. The summed E-state index contributed by atoms with van der Waals surface area (Å²) >= 11 is 1.65. The fourth-order valence-electron chi connectivity index (χ4n) is 3.24. The predicted molar refractivity (Wildman–Crippen MR) is 102 cm³/mol. The van der Waals surface area contributed by atoms with E-state index in [1.54, 1.807) is 22.2 Å². The normalized spacial score (nSPS) is 16.7. The Bertz CT molecular complexity index is 840. The maximum absolute atomic E-state index is 13.2. The fourth-order valence-corrected chi connectivity index (χ4v) is 3.90. The van der Waals surface area contributed by atoms with Gasteiger partial charge in [0.05, 0.1) is 11.8 Å². The van der Waals surface area contributed by atoms with E-state index in [2.05, 4.69) is 16.5 Å². The van der Waals surface area contributed by atoms with Crippen LogP contribution in [0.1, 0.15) is 28.8 Å². The van der Waals surface area contributed by atoms with Crippen LogP contribution in [0, 0.1) is 0 Å². The maximum Gasteiger partial charge on any atom is 0.254 e. The Morgan fingerprint density at radius 3 is 3.04 bits per heavy atom. The molecule has 3 heterocycles. The Labute approximate surface area is 156 Å². The molecule has 1 aliphatic heterocycles. The number of ether oxygens (including phenoxy) is 1. The van der Waals surface area contributed by atoms with Crippen molar-refractivity contribution in [2.45, 2.75) is 25.5 Å². The van der Waals surface area contributed by atoms with Gasteiger partial charge in [-0.2, -0.15) is 16.4 Å². The second-order valence-electron chi connectivity index (χ2n) is 6.45. The monoisotopic (exact) mass is 367 g/mol. The largest absolute Gasteiger partial charge is 0.376 e. The summed E-state index contributed by atoms with van der Waals surface area (Å²) in [7, 11) is 0. The first-order valence-corrected chi connectivity index (χ1v) is 9.76. The van der Waals surface area contributed by atoms with Gasteiger partial charge >= 0.3 is 0 Å². The summed E-state index contributed by atoms with van der Waals surface area (Å²) in [5, 5.41) is 8.39. The van der Waals surface area contributed by atoms with Gasteiger partial charge < -0.3 is 9.64 Å². The number of aromatic nitrogens is 2. The zero-order valence-corrected chi connectivity index (χ0v) is 15.3. The first-order chi connectivity index (χ1) is 12.8. The van der Waals surface area contributed by atoms with Crippen LogP contribution in [0.4, 0.5) is 0 Å². The van der Waals surface area contributed by atoms with Crippen LogP contribution in [0.3, 0.4) is 0 Å². The number of benzene rings is 1. The standard InChI is InChI=1S/C20H21N3O2S/c24-20(17-4-1-5-18(12-17)23-9-3-8-21-23)22(13-16-7-11-26-15-16)14-19-6-2-10-25-19/h1,3-5,7-9,11-12,15,19H,2,6,10,13-14H2. The molecule has 5 nitrogen and oxygen atoms in total. The number of amides is 1. The third-order valence-electron chi connectivity index (χ3n) is 4.55. The Morgan fingerprint density at radius 2 is 2.31 bits per heavy atom. The quantitative estimate of drug-likeness (QED) is 0.666. The molecule has 4 rings (SSSR count). The highest BCUT2D eigenvalue weighted by molar-refractivity contribution is 7.07. The van der Waals surface area contributed by atoms with Gasteiger partial charge in [0.1, 0.15) is 0 Å². The summed E-state index contributed by atoms with van der Waals surface area (Å²) in [6.45, 7) is 2.02. The molecule has 0 radical (unpaired) electrons. The molecule has 1 aromatic carbocycles. The van der Waals surface area contributed by atoms with E-state index in [4.69, 9.17) is 4.74 Å². The Kier molecular flexibility index (Phi) is 5.13. The molecule has 1 saturated heterocycles. The van der Waals surface area contributed by atoms with Crippen molar-refractivity contribution in [1.29, 1.82) is 0 Å². The zero-order chi connectivity index (χ0) is 17.8. The maximum atomic E-state index is 13.2. The van der Waals surface area contributed by atoms with Crippen LogP contribution < -0.4 is 0 Å². The highest BCUT2D eigenvalue weighted by atomic mass is 32.1. The minimum Gasteiger partial charge on any atom is -0.376 e. The van der Waals surface area contributed by atoms with Gasteiger partial charge in [-0.15, -0.1) is 0 Å². The van der Waals surface area contributed by atoms with Gasteiger partial charge in [-0.1, -0.05) is 6.07 Å². The van der Waals surface area contributed by atoms with Gasteiger partial charge in [0.2, 0.25) is 0 Å². The molecule has 134 valence electrons. The summed E-state index contributed by atoms with van der Waals surface area (Å²) in [6, 6.07) is 11.6. The average Bonchev–Trinajstić information content (AvgIpc) is 3.43. The molecule has 0 N–H and O–H groups in total. The lowest BCUT2D eigenvalue weighted by Crippen LogP contribution is -2.36. The lowest BCUT2D eigenvalue weighted by atomic mass is 10.1. The van der Waals surface area contributed by atoms with Crippen molar-refractivity contribution in [1.82, 2.24) is 14.7 Å². The van der Waals surface area contributed by atoms with Crippen LogP contribution in [-0.2, 0) is 11.3 Å². The van der Waals surface area contributed by atoms with Crippen molar-refractivity contribution in [3.63, 3.8) is 0 Å². The Hall–Kier alpha value is -2.44. The number of thiophene rings is 1. The summed E-state index contributed by atoms with van der Waals surface area (Å²) < 4.78 is 7.53. The molecular formula is C20H21N3O2S. The highest BCUT2D eigenvalue weighted by Gasteiger charge is 2.24. The Balaban J connectivity index is 1.57. The summed E-state index contributed by atoms with van der Waals surface area (Å²) in [6.07, 6.45) is 5.82. The van der Waals surface area contributed by atoms with Gasteiger partial charge in [-0.25, -0.2) is 4.68 Å². The first-order valence-electron chi connectivity index (χ1n) is 8.81. The van der Waals surface area contributed by atoms with E-state index < -0.39 is 0 Å². The highest BCUT2D eigenvalue weighted by Crippen LogP contribution is 2.19. The molecule has 6 heteroatoms. The van der Waals surface area contributed by atoms with Crippen LogP contribution in [0.15, 0.2) is 59.6 Å². The second-order valence-corrected chi connectivity index (χ2v) is 7.23. The molecule has 1 atom stereocenters. The van der Waals surface area contributed by atoms with Crippen LogP contribution >= 0.6 is 11.3 Å². The number of carbonyl (C=O) groups is 1. The van der Waals surface area contributed by atoms with Gasteiger partial charge in [0.15, 0.2) is 0 Å². The van der Waals surface area contributed by atoms with Gasteiger partial charge in [0, 0.05) is 37.7 Å². The number of carbonyl (C=O) groups excluding carboxylic acids is 1. The Morgan fingerprint density at radius 1 is 1.35 bits per heavy atom. The van der Waals surface area contributed by atoms with Crippen LogP contribution in [0.25, 0.3) is 5.69 Å². The fraction of sp³-hybridized carbons (Fsp3) is 0.300. The summed E-state index contributed by atoms with van der Waals surface area (Å²) in [4.78, 5) is 15.1. The smallest absolute Gasteiger partial charge is 0.254 e. The van der Waals surface area contributed by atoms with Crippen molar-refractivity contribution in [2.75, 3.05) is 13.2 Å². The van der Waals surface area contributed by atoms with Crippen molar-refractivity contribution < 1.29 is 9.53 Å². The third-order valence-corrected chi connectivity index (χ3v) is 5.28. The van der Waals surface area contributed by atoms with Crippen molar-refractivity contribution >= 4 is 17.2 Å². The third kappa shape index (κ3) is 3.86. The lowest BCUT2D eigenvalue weighted by molar-refractivity contribution is 0.0507. The van der Waals surface area contributed by atoms with Gasteiger partial charge in [-0.3, -0.25) is 4.79 Å². The van der Waals surface area contributed by atoms with Crippen molar-refractivity contribution in [2.24, 2.45) is 0 Å². The topological polar surface area (TPSA) is 47.4 Å². The summed E-state index contributed by atoms with van der Waals surface area (Å²) in [5.41, 5.74) is 2.71. The minimum absolute atomic E-state index is 0.0284. The molecule has 3 aromatic rings. The van der Waals surface area contributed by atoms with E-state index in [-0.39, 0.29) is 12.0 Å². The van der Waals surface area contributed by atoms with E-state index >= 15 is 0 Å². The van der Waals surface area contributed by atoms with E-state index in [1.807, 2.05) is 46.8 Å². The SMILES string of the molecule is O=C(c1cccc(-n2cccn2)c1)N(Cc1ccsc1)CC1CCCO1. The molecule has 1 aliphatic rings. The molecule has 0 saturated carbocycles. The van der Waals surface area contributed by atoms with Crippen LogP contribution in [-0.4, -0.2) is 39.8 Å². The van der Waals surface area contributed by atoms with Gasteiger partial charge in [-0.05, 0) is 59.5 Å². The molecule has 1 unspecified atom stereocenters. The molecule has 26 heavy (non-hydrogen) atoms. The van der Waals surface area contributed by atoms with E-state index in [0.29, 0.717) is 18.7 Å². The van der Waals surface area contributed by atoms with Crippen LogP contribution in [0.5, 0.6) is 0 Å². The predicted octanol–water partition coefficient (Wildman–Crippen LogP) is 3.76. The molecule has 1 amide bonds. The second kappa shape index (κ2) is 7.85.